The van der Waals surface area contributed by atoms with Crippen molar-refractivity contribution in [3.63, 3.8) is 0 Å². The van der Waals surface area contributed by atoms with E-state index in [4.69, 9.17) is 0 Å². The lowest BCUT2D eigenvalue weighted by atomic mass is 10.2. The predicted octanol–water partition coefficient (Wildman–Crippen LogP) is -4.61. The highest BCUT2D eigenvalue weighted by molar-refractivity contribution is 5.83. The maximum absolute atomic E-state index is 10.2. The number of halogens is 1. The van der Waals surface area contributed by atoms with Gasteiger partial charge in [-0.25, -0.2) is 20.2 Å². The largest absolute Gasteiger partial charge is 1.00 e. The molecule has 2 aliphatic carbocycles. The second-order valence-corrected chi connectivity index (χ2v) is 6.06. The number of aliphatic hydroxyl groups excluding tert-OH is 2. The first kappa shape index (κ1) is 16.3. The van der Waals surface area contributed by atoms with Crippen molar-refractivity contribution in [2.24, 2.45) is 0 Å². The molecule has 0 saturated heterocycles. The van der Waals surface area contributed by atoms with Gasteiger partial charge in [0.2, 0.25) is 0 Å². The second-order valence-electron chi connectivity index (χ2n) is 6.06. The van der Waals surface area contributed by atoms with Crippen LogP contribution in [0, 0.1) is 0 Å². The monoisotopic (exact) mass is 342 g/mol. The van der Waals surface area contributed by atoms with Crippen LogP contribution in [-0.4, -0.2) is 59.2 Å². The Kier molecular flexibility index (Phi) is 4.39. The number of quaternary nitrogens is 1. The molecule has 126 valence electrons. The Labute approximate surface area is 138 Å². The molecular formula is C13H19ClN6O3. The van der Waals surface area contributed by atoms with E-state index in [1.54, 1.807) is 10.9 Å². The van der Waals surface area contributed by atoms with Crippen LogP contribution < -0.4 is 23.2 Å². The van der Waals surface area contributed by atoms with Gasteiger partial charge in [-0.3, -0.25) is 0 Å². The first-order valence-corrected chi connectivity index (χ1v) is 7.47. The van der Waals surface area contributed by atoms with Crippen molar-refractivity contribution in [3.8, 4) is 0 Å². The summed E-state index contributed by atoms with van der Waals surface area (Å²) in [5.41, 5.74) is 2.22. The van der Waals surface area contributed by atoms with Gasteiger partial charge in [0.25, 0.3) is 0 Å². The van der Waals surface area contributed by atoms with Crippen molar-refractivity contribution in [1.82, 2.24) is 19.5 Å². The second kappa shape index (κ2) is 6.17. The van der Waals surface area contributed by atoms with E-state index >= 15 is 0 Å². The van der Waals surface area contributed by atoms with Gasteiger partial charge in [0, 0.05) is 12.5 Å². The fraction of sp³-hybridized carbons (Fsp3) is 0.615. The number of aromatic nitrogens is 4. The summed E-state index contributed by atoms with van der Waals surface area (Å²) in [5, 5.41) is 32.7. The van der Waals surface area contributed by atoms with Gasteiger partial charge >= 0.3 is 0 Å². The zero-order valence-electron chi connectivity index (χ0n) is 12.2. The predicted molar refractivity (Wildman–Crippen MR) is 75.1 cm³/mol. The summed E-state index contributed by atoms with van der Waals surface area (Å²) in [7, 11) is 0. The average molecular weight is 343 g/mol. The smallest absolute Gasteiger partial charge is 0.165 e. The molecule has 2 aromatic rings. The summed E-state index contributed by atoms with van der Waals surface area (Å²) in [6, 6.07) is -0.379. The molecule has 9 nitrogen and oxygen atoms in total. The quantitative estimate of drug-likeness (QED) is 0.353. The van der Waals surface area contributed by atoms with Gasteiger partial charge in [-0.05, 0) is 12.8 Å². The molecule has 2 fully saturated rings. The number of hydrogen-bond donors (Lipinski definition) is 5. The molecule has 0 aliphatic heterocycles. The van der Waals surface area contributed by atoms with Crippen LogP contribution in [0.3, 0.4) is 0 Å². The maximum Gasteiger partial charge on any atom is 0.165 e. The normalized spacial score (nSPS) is 30.4. The van der Waals surface area contributed by atoms with Gasteiger partial charge in [-0.15, -0.1) is 0 Å². The van der Waals surface area contributed by atoms with E-state index in [0.29, 0.717) is 29.4 Å². The van der Waals surface area contributed by atoms with Gasteiger partial charge in [0.1, 0.15) is 30.1 Å². The van der Waals surface area contributed by atoms with E-state index in [0.717, 1.165) is 18.3 Å². The number of nitrogens with zero attached hydrogens (tertiary/aromatic N) is 4. The number of hydrogen-bond acceptors (Lipinski definition) is 7. The molecule has 0 amide bonds. The third-order valence-electron chi connectivity index (χ3n) is 4.52. The van der Waals surface area contributed by atoms with E-state index in [1.807, 2.05) is 0 Å². The molecule has 2 aliphatic rings. The molecule has 0 aromatic carbocycles. The van der Waals surface area contributed by atoms with E-state index in [-0.39, 0.29) is 18.4 Å². The number of nitrogens with two attached hydrogens (primary N) is 1. The molecule has 0 unspecified atom stereocenters. The minimum absolute atomic E-state index is 0. The van der Waals surface area contributed by atoms with Crippen molar-refractivity contribution in [2.45, 2.75) is 49.6 Å². The Morgan fingerprint density at radius 3 is 2.61 bits per heavy atom. The van der Waals surface area contributed by atoms with Crippen LogP contribution in [0.25, 0.3) is 11.2 Å². The topological polar surface area (TPSA) is 133 Å². The van der Waals surface area contributed by atoms with Crippen molar-refractivity contribution >= 4 is 17.0 Å². The van der Waals surface area contributed by atoms with Crippen LogP contribution in [0.1, 0.15) is 25.3 Å². The molecule has 4 atom stereocenters. The van der Waals surface area contributed by atoms with Crippen LogP contribution in [0.15, 0.2) is 12.7 Å². The maximum atomic E-state index is 10.2. The number of fused-ring (bicyclic) bond motifs is 1. The molecule has 10 heteroatoms. The number of nitrogens with one attached hydrogen (secondary N) is 1. The number of aliphatic hydroxyl groups is 2. The lowest BCUT2D eigenvalue weighted by Gasteiger charge is -2.17. The van der Waals surface area contributed by atoms with E-state index in [9.17, 15) is 15.4 Å². The average Bonchev–Trinajstić information content (AvgIpc) is 3.16. The minimum atomic E-state index is -0.988. The SMILES string of the molecule is O[NH2+][C@H]1C[C@@H](n2cnc3c(NC4CC4)ncnc32)[C@H](O)[C@@H]1O.[Cl-]. The summed E-state index contributed by atoms with van der Waals surface area (Å²) in [4.78, 5) is 12.9. The standard InChI is InChI=1S/C13H18N6O3.ClH/c20-10-7(18-22)3-8(11(10)21)19-5-16-9-12(17-6-1-2-6)14-4-15-13(9)19;/h4-8,10-11,18,20-22H,1-3H2,(H,14,15,17);1H/t7-,8+,10+,11-;/m0./s1. The molecule has 6 N–H and O–H groups in total. The van der Waals surface area contributed by atoms with Gasteiger partial charge < -0.3 is 32.5 Å². The Morgan fingerprint density at radius 1 is 1.17 bits per heavy atom. The fourth-order valence-electron chi connectivity index (χ4n) is 3.09. The van der Waals surface area contributed by atoms with Crippen molar-refractivity contribution < 1.29 is 33.3 Å². The molecular weight excluding hydrogens is 324 g/mol. The van der Waals surface area contributed by atoms with Crippen molar-refractivity contribution in [1.29, 1.82) is 0 Å². The molecule has 2 aromatic heterocycles. The molecule has 0 spiro atoms. The minimum Gasteiger partial charge on any atom is -1.00 e. The zero-order chi connectivity index (χ0) is 15.3. The lowest BCUT2D eigenvalue weighted by Crippen LogP contribution is -3.00. The first-order valence-electron chi connectivity index (χ1n) is 7.47. The summed E-state index contributed by atoms with van der Waals surface area (Å²) < 4.78 is 1.76. The van der Waals surface area contributed by atoms with Crippen LogP contribution in [0.2, 0.25) is 0 Å². The molecule has 23 heavy (non-hydrogen) atoms. The highest BCUT2D eigenvalue weighted by Gasteiger charge is 2.45. The first-order chi connectivity index (χ1) is 10.7. The Morgan fingerprint density at radius 2 is 1.96 bits per heavy atom. The summed E-state index contributed by atoms with van der Waals surface area (Å²) >= 11 is 0. The molecule has 2 heterocycles. The van der Waals surface area contributed by atoms with E-state index < -0.39 is 18.2 Å². The third kappa shape index (κ3) is 2.74. The highest BCUT2D eigenvalue weighted by Crippen LogP contribution is 2.33. The van der Waals surface area contributed by atoms with E-state index in [2.05, 4.69) is 20.3 Å². The van der Waals surface area contributed by atoms with Gasteiger partial charge in [-0.2, -0.15) is 5.48 Å². The van der Waals surface area contributed by atoms with E-state index in [1.165, 1.54) is 6.33 Å². The number of anilines is 1. The third-order valence-corrected chi connectivity index (χ3v) is 4.52. The van der Waals surface area contributed by atoms with Gasteiger partial charge in [0.05, 0.1) is 12.4 Å². The number of hydroxylamine groups is 1. The summed E-state index contributed by atoms with van der Waals surface area (Å²) in [5.74, 6) is 0.699. The lowest BCUT2D eigenvalue weighted by molar-refractivity contribution is -0.912. The molecule has 0 radical (unpaired) electrons. The zero-order valence-corrected chi connectivity index (χ0v) is 13.0. The Hall–Kier alpha value is -1.52. The molecule has 0 bridgehead atoms. The van der Waals surface area contributed by atoms with Gasteiger partial charge in [0.15, 0.2) is 11.5 Å². The summed E-state index contributed by atoms with van der Waals surface area (Å²) in [6.07, 6.45) is 3.82. The van der Waals surface area contributed by atoms with Gasteiger partial charge in [-0.1, -0.05) is 0 Å². The highest BCUT2D eigenvalue weighted by atomic mass is 35.5. The van der Waals surface area contributed by atoms with Crippen molar-refractivity contribution in [3.05, 3.63) is 12.7 Å². The fourth-order valence-corrected chi connectivity index (χ4v) is 3.09. The number of imidazole rings is 1. The Bertz CT molecular complexity index is 693. The molecule has 4 rings (SSSR count). The van der Waals surface area contributed by atoms with Crippen LogP contribution in [0.5, 0.6) is 0 Å². The van der Waals surface area contributed by atoms with Crippen LogP contribution >= 0.6 is 0 Å². The summed E-state index contributed by atoms with van der Waals surface area (Å²) in [6.45, 7) is 0. The molecule has 2 saturated carbocycles. The Balaban J connectivity index is 0.00000156. The van der Waals surface area contributed by atoms with Crippen molar-refractivity contribution in [2.75, 3.05) is 5.32 Å². The van der Waals surface area contributed by atoms with Crippen LogP contribution in [-0.2, 0) is 0 Å². The number of rotatable bonds is 4. The van der Waals surface area contributed by atoms with Crippen LogP contribution in [0.4, 0.5) is 5.82 Å².